The summed E-state index contributed by atoms with van der Waals surface area (Å²) in [6.45, 7) is 0. The van der Waals surface area contributed by atoms with Gasteiger partial charge in [0.2, 0.25) is 0 Å². The first-order chi connectivity index (χ1) is 7.81. The Labute approximate surface area is 94.6 Å². The average Bonchev–Trinajstić information content (AvgIpc) is 2.25. The number of ether oxygens (including phenoxy) is 2. The van der Waals surface area contributed by atoms with Crippen LogP contribution in [0, 0.1) is 0 Å². The zero-order valence-electron chi connectivity index (χ0n) is 8.96. The maximum atomic E-state index is 12.5. The van der Waals surface area contributed by atoms with Gasteiger partial charge in [0, 0.05) is 0 Å². The van der Waals surface area contributed by atoms with E-state index in [0.29, 0.717) is 12.1 Å². The highest BCUT2D eigenvalue weighted by Gasteiger charge is 2.33. The molecule has 0 aliphatic carbocycles. The summed E-state index contributed by atoms with van der Waals surface area (Å²) in [7, 11) is 2.17. The van der Waals surface area contributed by atoms with Crippen LogP contribution in [-0.4, -0.2) is 25.3 Å². The molecule has 0 unspecified atom stereocenters. The summed E-state index contributed by atoms with van der Waals surface area (Å²) in [4.78, 5) is 10.9. The fraction of sp³-hybridized carbons (Fsp3) is 0.300. The maximum Gasteiger partial charge on any atom is 0.416 e. The van der Waals surface area contributed by atoms with E-state index < -0.39 is 34.8 Å². The second kappa shape index (κ2) is 4.52. The topological polar surface area (TPSA) is 55.8 Å². The lowest BCUT2D eigenvalue weighted by Crippen LogP contribution is -2.10. The van der Waals surface area contributed by atoms with Crippen molar-refractivity contribution in [3.63, 3.8) is 0 Å². The first-order valence-electron chi connectivity index (χ1n) is 4.37. The van der Waals surface area contributed by atoms with Gasteiger partial charge in [0.05, 0.1) is 19.8 Å². The van der Waals surface area contributed by atoms with Crippen molar-refractivity contribution in [2.75, 3.05) is 14.2 Å². The highest BCUT2D eigenvalue weighted by Crippen LogP contribution is 2.38. The molecule has 94 valence electrons. The third-order valence-electron chi connectivity index (χ3n) is 2.05. The molecule has 0 saturated carbocycles. The normalized spacial score (nSPS) is 11.1. The van der Waals surface area contributed by atoms with Crippen LogP contribution in [0.15, 0.2) is 12.1 Å². The molecule has 0 radical (unpaired) electrons. The molecule has 7 heteroatoms. The second-order valence-corrected chi connectivity index (χ2v) is 3.06. The molecular weight excluding hydrogens is 241 g/mol. The SMILES string of the molecule is COc1cc(C(F)(F)F)cc(OC)c1C(=O)O. The predicted octanol–water partition coefficient (Wildman–Crippen LogP) is 2.42. The van der Waals surface area contributed by atoms with Crippen LogP contribution in [0.2, 0.25) is 0 Å². The molecule has 1 aromatic carbocycles. The van der Waals surface area contributed by atoms with Crippen molar-refractivity contribution in [2.24, 2.45) is 0 Å². The average molecular weight is 250 g/mol. The minimum Gasteiger partial charge on any atom is -0.496 e. The number of benzene rings is 1. The third-order valence-corrected chi connectivity index (χ3v) is 2.05. The molecule has 0 atom stereocenters. The van der Waals surface area contributed by atoms with Crippen molar-refractivity contribution in [1.82, 2.24) is 0 Å². The second-order valence-electron chi connectivity index (χ2n) is 3.06. The van der Waals surface area contributed by atoms with E-state index in [4.69, 9.17) is 5.11 Å². The summed E-state index contributed by atoms with van der Waals surface area (Å²) < 4.78 is 46.7. The van der Waals surface area contributed by atoms with Crippen LogP contribution in [0.5, 0.6) is 11.5 Å². The number of carboxylic acid groups (broad SMARTS) is 1. The van der Waals surface area contributed by atoms with Crippen LogP contribution in [0.1, 0.15) is 15.9 Å². The van der Waals surface area contributed by atoms with E-state index >= 15 is 0 Å². The Morgan fingerprint density at radius 3 is 1.82 bits per heavy atom. The number of aromatic carboxylic acids is 1. The molecule has 1 rings (SSSR count). The van der Waals surface area contributed by atoms with Gasteiger partial charge in [-0.3, -0.25) is 0 Å². The van der Waals surface area contributed by atoms with Gasteiger partial charge < -0.3 is 14.6 Å². The van der Waals surface area contributed by atoms with Gasteiger partial charge in [-0.05, 0) is 12.1 Å². The third kappa shape index (κ3) is 2.61. The first-order valence-corrected chi connectivity index (χ1v) is 4.37. The molecule has 0 spiro atoms. The number of rotatable bonds is 3. The molecule has 17 heavy (non-hydrogen) atoms. The number of alkyl halides is 3. The minimum absolute atomic E-state index is 0.399. The Hall–Kier alpha value is -1.92. The molecule has 0 saturated heterocycles. The smallest absolute Gasteiger partial charge is 0.416 e. The zero-order valence-corrected chi connectivity index (χ0v) is 8.96. The largest absolute Gasteiger partial charge is 0.496 e. The van der Waals surface area contributed by atoms with Gasteiger partial charge >= 0.3 is 12.1 Å². The lowest BCUT2D eigenvalue weighted by molar-refractivity contribution is -0.137. The highest BCUT2D eigenvalue weighted by molar-refractivity contribution is 5.94. The maximum absolute atomic E-state index is 12.5. The quantitative estimate of drug-likeness (QED) is 0.895. The van der Waals surface area contributed by atoms with Crippen molar-refractivity contribution >= 4 is 5.97 Å². The van der Waals surface area contributed by atoms with Crippen LogP contribution in [0.4, 0.5) is 13.2 Å². The molecule has 4 nitrogen and oxygen atoms in total. The minimum atomic E-state index is -4.60. The van der Waals surface area contributed by atoms with E-state index in [1.807, 2.05) is 0 Å². The van der Waals surface area contributed by atoms with Crippen molar-refractivity contribution in [2.45, 2.75) is 6.18 Å². The van der Waals surface area contributed by atoms with E-state index in [2.05, 4.69) is 9.47 Å². The van der Waals surface area contributed by atoms with Gasteiger partial charge in [0.25, 0.3) is 0 Å². The molecule has 0 aliphatic rings. The van der Waals surface area contributed by atoms with Gasteiger partial charge in [-0.2, -0.15) is 13.2 Å². The summed E-state index contributed by atoms with van der Waals surface area (Å²) in [6, 6.07) is 1.23. The lowest BCUT2D eigenvalue weighted by atomic mass is 10.1. The number of hydrogen-bond donors (Lipinski definition) is 1. The van der Waals surface area contributed by atoms with Gasteiger partial charge in [-0.1, -0.05) is 0 Å². The van der Waals surface area contributed by atoms with Gasteiger partial charge in [0.15, 0.2) is 0 Å². The highest BCUT2D eigenvalue weighted by atomic mass is 19.4. The number of methoxy groups -OCH3 is 2. The molecule has 1 aromatic rings. The molecule has 1 N–H and O–H groups in total. The van der Waals surface area contributed by atoms with Crippen molar-refractivity contribution in [1.29, 1.82) is 0 Å². The van der Waals surface area contributed by atoms with E-state index in [-0.39, 0.29) is 0 Å². The van der Waals surface area contributed by atoms with Crippen LogP contribution in [0.25, 0.3) is 0 Å². The van der Waals surface area contributed by atoms with Crippen molar-refractivity contribution < 1.29 is 32.5 Å². The Balaban J connectivity index is 3.50. The molecular formula is C10H9F3O4. The Morgan fingerprint density at radius 2 is 1.59 bits per heavy atom. The van der Waals surface area contributed by atoms with E-state index in [9.17, 15) is 18.0 Å². The van der Waals surface area contributed by atoms with Gasteiger partial charge in [-0.25, -0.2) is 4.79 Å². The first kappa shape index (κ1) is 13.1. The molecule has 0 aromatic heterocycles. The molecule has 0 fully saturated rings. The zero-order chi connectivity index (χ0) is 13.2. The Kier molecular flexibility index (Phi) is 3.50. The Bertz CT molecular complexity index is 415. The monoisotopic (exact) mass is 250 g/mol. The standard InChI is InChI=1S/C10H9F3O4/c1-16-6-3-5(10(11,12)13)4-7(17-2)8(6)9(14)15/h3-4H,1-2H3,(H,14,15). The number of carboxylic acids is 1. The summed E-state index contributed by atoms with van der Waals surface area (Å²) in [6.07, 6.45) is -4.60. The van der Waals surface area contributed by atoms with Crippen LogP contribution in [0.3, 0.4) is 0 Å². The summed E-state index contributed by atoms with van der Waals surface area (Å²) in [5, 5.41) is 8.86. The summed E-state index contributed by atoms with van der Waals surface area (Å²) >= 11 is 0. The predicted molar refractivity (Wildman–Crippen MR) is 51.5 cm³/mol. The molecule has 0 bridgehead atoms. The van der Waals surface area contributed by atoms with Gasteiger partial charge in [-0.15, -0.1) is 0 Å². The van der Waals surface area contributed by atoms with Crippen molar-refractivity contribution in [3.8, 4) is 11.5 Å². The van der Waals surface area contributed by atoms with Gasteiger partial charge in [0.1, 0.15) is 17.1 Å². The van der Waals surface area contributed by atoms with E-state index in [1.54, 1.807) is 0 Å². The molecule has 0 heterocycles. The van der Waals surface area contributed by atoms with Crippen LogP contribution < -0.4 is 9.47 Å². The van der Waals surface area contributed by atoms with E-state index in [1.165, 1.54) is 0 Å². The number of hydrogen-bond acceptors (Lipinski definition) is 3. The lowest BCUT2D eigenvalue weighted by Gasteiger charge is -2.14. The number of carbonyl (C=O) groups is 1. The summed E-state index contributed by atoms with van der Waals surface area (Å²) in [5.74, 6) is -2.22. The van der Waals surface area contributed by atoms with Crippen molar-refractivity contribution in [3.05, 3.63) is 23.3 Å². The van der Waals surface area contributed by atoms with Crippen LogP contribution in [-0.2, 0) is 6.18 Å². The van der Waals surface area contributed by atoms with E-state index in [0.717, 1.165) is 14.2 Å². The molecule has 0 amide bonds. The van der Waals surface area contributed by atoms with Crippen LogP contribution >= 0.6 is 0 Å². The fourth-order valence-electron chi connectivity index (χ4n) is 1.29. The fourth-order valence-corrected chi connectivity index (χ4v) is 1.29. The Morgan fingerprint density at radius 1 is 1.18 bits per heavy atom. The summed E-state index contributed by atoms with van der Waals surface area (Å²) in [5.41, 5.74) is -1.47. The molecule has 0 aliphatic heterocycles. The number of halogens is 3.